The number of rotatable bonds is 9. The van der Waals surface area contributed by atoms with Crippen LogP contribution in [0.3, 0.4) is 0 Å². The number of hydrogen-bond donors (Lipinski definition) is 0. The summed E-state index contributed by atoms with van der Waals surface area (Å²) in [7, 11) is 9.50. The largest absolute Gasteiger partial charge is 1.00 e. The first-order valence-corrected chi connectivity index (χ1v) is 15.7. The molecule has 0 fully saturated rings. The van der Waals surface area contributed by atoms with Gasteiger partial charge in [-0.25, -0.2) is 0 Å². The predicted octanol–water partition coefficient (Wildman–Crippen LogP) is -3.62. The van der Waals surface area contributed by atoms with Crippen LogP contribution >= 0.6 is 15.9 Å². The van der Waals surface area contributed by atoms with Crippen LogP contribution in [0.4, 0.5) is 0 Å². The number of hydrogen-bond acceptors (Lipinski definition) is 8. The summed E-state index contributed by atoms with van der Waals surface area (Å²) >= 11 is 3.49. The summed E-state index contributed by atoms with van der Waals surface area (Å²) in [4.78, 5) is 57.6. The molecule has 2 aliphatic heterocycles. The number of halogens is 2. The van der Waals surface area contributed by atoms with E-state index in [4.69, 9.17) is 4.74 Å². The van der Waals surface area contributed by atoms with Crippen LogP contribution in [0.5, 0.6) is 5.75 Å². The summed E-state index contributed by atoms with van der Waals surface area (Å²) in [6, 6.07) is 18.3. The third-order valence-electron chi connectivity index (χ3n) is 8.08. The smallest absolute Gasteiger partial charge is 1.00 e. The Bertz CT molecular complexity index is 1790. The van der Waals surface area contributed by atoms with Gasteiger partial charge in [-0.3, -0.25) is 29.0 Å². The van der Waals surface area contributed by atoms with Crippen LogP contribution in [0.25, 0.3) is 21.5 Å². The summed E-state index contributed by atoms with van der Waals surface area (Å²) in [5.41, 5.74) is 2.36. The van der Waals surface area contributed by atoms with Gasteiger partial charge >= 0.3 is 103 Å². The first kappa shape index (κ1) is 46.6. The minimum atomic E-state index is -0.222. The first-order valence-electron chi connectivity index (χ1n) is 14.9. The molecule has 0 aromatic heterocycles. The molecular formula is C35H38Br2K2N4O6. The maximum atomic E-state index is 12.7. The molecule has 0 bridgehead atoms. The Morgan fingerprint density at radius 3 is 1.43 bits per heavy atom. The summed E-state index contributed by atoms with van der Waals surface area (Å²) in [5, 5.41) is 3.17. The predicted molar refractivity (Wildman–Crippen MR) is 181 cm³/mol. The van der Waals surface area contributed by atoms with Gasteiger partial charge in [0, 0.05) is 56.0 Å². The number of ether oxygens (including phenoxy) is 1. The van der Waals surface area contributed by atoms with Crippen molar-refractivity contribution in [3.63, 3.8) is 0 Å². The fourth-order valence-corrected chi connectivity index (χ4v) is 6.37. The van der Waals surface area contributed by atoms with Crippen molar-refractivity contribution in [1.82, 2.24) is 19.6 Å². The van der Waals surface area contributed by atoms with Gasteiger partial charge in [0.2, 0.25) is 0 Å². The molecule has 0 aliphatic carbocycles. The quantitative estimate of drug-likeness (QED) is 0.125. The van der Waals surface area contributed by atoms with E-state index in [-0.39, 0.29) is 149 Å². The van der Waals surface area contributed by atoms with Crippen molar-refractivity contribution in [3.8, 4) is 5.75 Å². The summed E-state index contributed by atoms with van der Waals surface area (Å²) in [5.74, 6) is -0.160. The summed E-state index contributed by atoms with van der Waals surface area (Å²) in [6.07, 6.45) is 1.53. The van der Waals surface area contributed by atoms with E-state index in [0.29, 0.717) is 46.5 Å². The van der Waals surface area contributed by atoms with Crippen LogP contribution in [0, 0.1) is 0 Å². The van der Waals surface area contributed by atoms with Crippen LogP contribution < -0.4 is 124 Å². The molecule has 0 spiro atoms. The van der Waals surface area contributed by atoms with Gasteiger partial charge in [0.25, 0.3) is 23.6 Å². The molecule has 2 aliphatic rings. The zero-order valence-electron chi connectivity index (χ0n) is 29.0. The Kier molecular flexibility index (Phi) is 19.7. The van der Waals surface area contributed by atoms with Crippen LogP contribution in [0.1, 0.15) is 54.3 Å². The zero-order valence-corrected chi connectivity index (χ0v) is 38.5. The van der Waals surface area contributed by atoms with Gasteiger partial charge in [-0.2, -0.15) is 0 Å². The van der Waals surface area contributed by atoms with E-state index < -0.39 is 0 Å². The third kappa shape index (κ3) is 9.97. The second-order valence-corrected chi connectivity index (χ2v) is 12.6. The SMILES string of the molecule is CN(C)CCCN1C(=O)c2cccc3c(Br)ccc(c23)C1=O.COc1ccc2c3c(cccc13)C(=O)N(CCCN(C)C)C2=O.[Br-].[K+].[K+].[OH-]. The standard InChI is InChI=1S/C18H20N2O3.C17H17BrN2O2.BrH.2K.H2O/c1-19(2)10-5-11-20-17(21)13-7-4-6-12-15(23-3)9-8-14(16(12)13)18(20)22;1-19(2)9-4-10-20-16(21)12-6-3-5-11-14(18)8-7-13(15(11)12)17(20)22;;;;/h4,6-9H,5,10-11H2,1-3H3;3,5-8H,4,9-10H2,1-2H3;1H;;;1H2/q;;;2*+1;/p-2. The van der Waals surface area contributed by atoms with Crippen LogP contribution in [-0.4, -0.2) is 110 Å². The topological polar surface area (TPSA) is 120 Å². The fraction of sp³-hybridized carbons (Fsp3) is 0.314. The second kappa shape index (κ2) is 20.7. The van der Waals surface area contributed by atoms with Crippen molar-refractivity contribution < 1.29 is 149 Å². The second-order valence-electron chi connectivity index (χ2n) is 11.7. The Morgan fingerprint density at radius 1 is 0.612 bits per heavy atom. The van der Waals surface area contributed by atoms with Gasteiger partial charge in [0.05, 0.1) is 7.11 Å². The van der Waals surface area contributed by atoms with E-state index in [1.165, 1.54) is 9.80 Å². The molecule has 10 nitrogen and oxygen atoms in total. The molecule has 6 rings (SSSR count). The minimum Gasteiger partial charge on any atom is -1.00 e. The van der Waals surface area contributed by atoms with E-state index in [2.05, 4.69) is 15.9 Å². The molecule has 0 radical (unpaired) electrons. The Labute approximate surface area is 391 Å². The minimum absolute atomic E-state index is 0. The Balaban J connectivity index is 0.000000453. The van der Waals surface area contributed by atoms with Gasteiger partial charge in [-0.1, -0.05) is 40.2 Å². The molecular weight excluding hydrogens is 810 g/mol. The number of carbonyl (C=O) groups excluding carboxylic acids is 4. The molecule has 1 N–H and O–H groups in total. The van der Waals surface area contributed by atoms with Crippen molar-refractivity contribution in [1.29, 1.82) is 0 Å². The Morgan fingerprint density at radius 2 is 1.00 bits per heavy atom. The molecule has 49 heavy (non-hydrogen) atoms. The number of imide groups is 2. The van der Waals surface area contributed by atoms with E-state index in [0.717, 1.165) is 46.6 Å². The van der Waals surface area contributed by atoms with Crippen LogP contribution in [0.15, 0.2) is 65.1 Å². The summed E-state index contributed by atoms with van der Waals surface area (Å²) < 4.78 is 6.25. The normalized spacial score (nSPS) is 13.0. The molecule has 14 heteroatoms. The van der Waals surface area contributed by atoms with Gasteiger partial charge in [-0.05, 0) is 95.9 Å². The molecule has 0 unspecified atom stereocenters. The van der Waals surface area contributed by atoms with Gasteiger partial charge < -0.3 is 37.0 Å². The van der Waals surface area contributed by atoms with E-state index in [9.17, 15) is 19.2 Å². The average molecular weight is 849 g/mol. The van der Waals surface area contributed by atoms with Crippen LogP contribution in [0.2, 0.25) is 0 Å². The maximum Gasteiger partial charge on any atom is 1.00 e. The zero-order chi connectivity index (χ0) is 32.4. The molecule has 4 aromatic rings. The van der Waals surface area contributed by atoms with E-state index in [1.54, 1.807) is 37.4 Å². The number of nitrogens with zero attached hydrogens (tertiary/aromatic N) is 4. The van der Waals surface area contributed by atoms with Gasteiger partial charge in [-0.15, -0.1) is 0 Å². The number of amides is 4. The maximum absolute atomic E-state index is 12.7. The van der Waals surface area contributed by atoms with E-state index >= 15 is 0 Å². The van der Waals surface area contributed by atoms with Gasteiger partial charge in [0.1, 0.15) is 5.75 Å². The van der Waals surface area contributed by atoms with Crippen molar-refractivity contribution >= 4 is 61.1 Å². The molecule has 4 aromatic carbocycles. The molecule has 0 saturated carbocycles. The number of carbonyl (C=O) groups is 4. The fourth-order valence-electron chi connectivity index (χ4n) is 5.90. The monoisotopic (exact) mass is 846 g/mol. The molecule has 0 atom stereocenters. The molecule has 2 heterocycles. The van der Waals surface area contributed by atoms with Gasteiger partial charge in [0.15, 0.2) is 0 Å². The molecule has 4 amide bonds. The molecule has 250 valence electrons. The molecule has 0 saturated heterocycles. The van der Waals surface area contributed by atoms with E-state index in [1.807, 2.05) is 68.3 Å². The van der Waals surface area contributed by atoms with Crippen molar-refractivity contribution in [2.24, 2.45) is 0 Å². The Hall–Kier alpha value is -0.407. The third-order valence-corrected chi connectivity index (χ3v) is 8.78. The first-order chi connectivity index (χ1) is 21.5. The van der Waals surface area contributed by atoms with Crippen molar-refractivity contribution in [2.75, 3.05) is 61.5 Å². The number of benzene rings is 4. The average Bonchev–Trinajstić information content (AvgIpc) is 3.02. The van der Waals surface area contributed by atoms with Crippen molar-refractivity contribution in [2.45, 2.75) is 12.8 Å². The summed E-state index contributed by atoms with van der Waals surface area (Å²) in [6.45, 7) is 2.55. The van der Waals surface area contributed by atoms with Crippen molar-refractivity contribution in [3.05, 3.63) is 87.4 Å². The number of methoxy groups -OCH3 is 1. The van der Waals surface area contributed by atoms with Crippen LogP contribution in [-0.2, 0) is 0 Å².